The predicted octanol–water partition coefficient (Wildman–Crippen LogP) is 5.21. The molecule has 0 aromatic heterocycles. The van der Waals surface area contributed by atoms with E-state index in [1.54, 1.807) is 0 Å². The van der Waals surface area contributed by atoms with Crippen molar-refractivity contribution < 1.29 is 0 Å². The second-order valence-electron chi connectivity index (χ2n) is 5.86. The molecule has 0 atom stereocenters. The van der Waals surface area contributed by atoms with E-state index < -0.39 is 0 Å². The highest BCUT2D eigenvalue weighted by atomic mass is 35.5. The van der Waals surface area contributed by atoms with Crippen LogP contribution < -0.4 is 0 Å². The van der Waals surface area contributed by atoms with Crippen LogP contribution in [0.15, 0.2) is 48.5 Å². The summed E-state index contributed by atoms with van der Waals surface area (Å²) in [6.45, 7) is 1.04. The zero-order valence-corrected chi connectivity index (χ0v) is 13.8. The van der Waals surface area contributed by atoms with Crippen molar-refractivity contribution in [3.63, 3.8) is 0 Å². The quantitative estimate of drug-likeness (QED) is 0.642. The van der Waals surface area contributed by atoms with Crippen LogP contribution >= 0.6 is 11.6 Å². The Kier molecular flexibility index (Phi) is 4.47. The van der Waals surface area contributed by atoms with Crippen molar-refractivity contribution in [2.24, 2.45) is 0 Å². The topological polar surface area (TPSA) is 3.24 Å². The van der Waals surface area contributed by atoms with E-state index in [9.17, 15) is 0 Å². The SMILES string of the molecule is CN(C)CCC=C1c2ccccc2C=Cc2ccc(Cl)cc21. The van der Waals surface area contributed by atoms with Crippen molar-refractivity contribution in [1.82, 2.24) is 4.90 Å². The van der Waals surface area contributed by atoms with Gasteiger partial charge in [-0.15, -0.1) is 0 Å². The molecule has 1 nitrogen and oxygen atoms in total. The molecule has 2 heteroatoms. The summed E-state index contributed by atoms with van der Waals surface area (Å²) in [5, 5.41) is 0.782. The van der Waals surface area contributed by atoms with Crippen LogP contribution in [-0.2, 0) is 0 Å². The molecule has 2 aromatic rings. The molecular weight excluding hydrogens is 290 g/mol. The van der Waals surface area contributed by atoms with Crippen molar-refractivity contribution in [2.75, 3.05) is 20.6 Å². The van der Waals surface area contributed by atoms with Gasteiger partial charge in [0.15, 0.2) is 0 Å². The van der Waals surface area contributed by atoms with Crippen LogP contribution in [0, 0.1) is 0 Å². The van der Waals surface area contributed by atoms with Gasteiger partial charge in [-0.05, 0) is 60.5 Å². The number of rotatable bonds is 3. The Morgan fingerprint density at radius 1 is 0.955 bits per heavy atom. The first kappa shape index (κ1) is 15.1. The molecule has 0 bridgehead atoms. The van der Waals surface area contributed by atoms with Gasteiger partial charge in [0.1, 0.15) is 0 Å². The zero-order valence-electron chi connectivity index (χ0n) is 13.0. The summed E-state index contributed by atoms with van der Waals surface area (Å²) < 4.78 is 0. The Hall–Kier alpha value is -1.83. The van der Waals surface area contributed by atoms with Crippen molar-refractivity contribution in [3.05, 3.63) is 75.8 Å². The molecule has 0 aliphatic heterocycles. The molecule has 1 aliphatic carbocycles. The lowest BCUT2D eigenvalue weighted by Crippen LogP contribution is -2.12. The van der Waals surface area contributed by atoms with Crippen LogP contribution in [0.1, 0.15) is 28.7 Å². The smallest absolute Gasteiger partial charge is 0.0412 e. The van der Waals surface area contributed by atoms with Crippen LogP contribution in [0.4, 0.5) is 0 Å². The van der Waals surface area contributed by atoms with E-state index in [0.29, 0.717) is 0 Å². The van der Waals surface area contributed by atoms with E-state index in [0.717, 1.165) is 18.0 Å². The van der Waals surface area contributed by atoms with E-state index >= 15 is 0 Å². The Balaban J connectivity index is 2.13. The molecular formula is C20H20ClN. The van der Waals surface area contributed by atoms with Crippen molar-refractivity contribution >= 4 is 29.3 Å². The first-order chi connectivity index (χ1) is 10.6. The predicted molar refractivity (Wildman–Crippen MR) is 97.1 cm³/mol. The number of benzene rings is 2. The molecule has 3 rings (SSSR count). The third kappa shape index (κ3) is 3.16. The Morgan fingerprint density at radius 3 is 2.45 bits per heavy atom. The Bertz CT molecular complexity index is 741. The number of fused-ring (bicyclic) bond motifs is 2. The normalized spacial score (nSPS) is 14.8. The first-order valence-electron chi connectivity index (χ1n) is 7.57. The third-order valence-corrected chi connectivity index (χ3v) is 4.16. The van der Waals surface area contributed by atoms with E-state index in [4.69, 9.17) is 11.6 Å². The van der Waals surface area contributed by atoms with Gasteiger partial charge in [-0.2, -0.15) is 0 Å². The number of hydrogen-bond donors (Lipinski definition) is 0. The van der Waals surface area contributed by atoms with Crippen LogP contribution in [0.2, 0.25) is 5.02 Å². The van der Waals surface area contributed by atoms with Crippen LogP contribution in [0.3, 0.4) is 0 Å². The van der Waals surface area contributed by atoms with Gasteiger partial charge in [0.05, 0.1) is 0 Å². The van der Waals surface area contributed by atoms with E-state index in [-0.39, 0.29) is 0 Å². The fourth-order valence-electron chi connectivity index (χ4n) is 2.81. The number of nitrogens with zero attached hydrogens (tertiary/aromatic N) is 1. The molecule has 0 spiro atoms. The highest BCUT2D eigenvalue weighted by Crippen LogP contribution is 2.35. The summed E-state index contributed by atoms with van der Waals surface area (Å²) in [5.41, 5.74) is 6.24. The lowest BCUT2D eigenvalue weighted by molar-refractivity contribution is 0.417. The van der Waals surface area contributed by atoms with Gasteiger partial charge in [-0.25, -0.2) is 0 Å². The molecule has 0 saturated heterocycles. The monoisotopic (exact) mass is 309 g/mol. The maximum atomic E-state index is 6.25. The van der Waals surface area contributed by atoms with E-state index in [1.165, 1.54) is 27.8 Å². The minimum absolute atomic E-state index is 0.782. The summed E-state index contributed by atoms with van der Waals surface area (Å²) in [6.07, 6.45) is 7.72. The van der Waals surface area contributed by atoms with Crippen molar-refractivity contribution in [3.8, 4) is 0 Å². The lowest BCUT2D eigenvalue weighted by atomic mass is 9.93. The van der Waals surface area contributed by atoms with Crippen LogP contribution in [-0.4, -0.2) is 25.5 Å². The number of hydrogen-bond acceptors (Lipinski definition) is 1. The zero-order chi connectivity index (χ0) is 15.5. The van der Waals surface area contributed by atoms with Gasteiger partial charge < -0.3 is 4.90 Å². The van der Waals surface area contributed by atoms with Gasteiger partial charge in [-0.1, -0.05) is 60.2 Å². The minimum Gasteiger partial charge on any atom is -0.309 e. The molecule has 112 valence electrons. The average molecular weight is 310 g/mol. The van der Waals surface area contributed by atoms with Gasteiger partial charge in [-0.3, -0.25) is 0 Å². The molecule has 22 heavy (non-hydrogen) atoms. The van der Waals surface area contributed by atoms with Gasteiger partial charge in [0, 0.05) is 11.6 Å². The highest BCUT2D eigenvalue weighted by Gasteiger charge is 2.14. The maximum Gasteiger partial charge on any atom is 0.0412 e. The fourth-order valence-corrected chi connectivity index (χ4v) is 2.98. The summed E-state index contributed by atoms with van der Waals surface area (Å²) in [7, 11) is 4.21. The van der Waals surface area contributed by atoms with Crippen molar-refractivity contribution in [2.45, 2.75) is 6.42 Å². The summed E-state index contributed by atoms with van der Waals surface area (Å²) in [5.74, 6) is 0. The van der Waals surface area contributed by atoms with Gasteiger partial charge in [0.25, 0.3) is 0 Å². The molecule has 0 amide bonds. The van der Waals surface area contributed by atoms with E-state index in [1.807, 2.05) is 6.07 Å². The molecule has 0 fully saturated rings. The first-order valence-corrected chi connectivity index (χ1v) is 7.95. The molecule has 0 heterocycles. The van der Waals surface area contributed by atoms with Gasteiger partial charge >= 0.3 is 0 Å². The lowest BCUT2D eigenvalue weighted by Gasteiger charge is -2.13. The average Bonchev–Trinajstić information content (AvgIpc) is 2.65. The van der Waals surface area contributed by atoms with Crippen LogP contribution in [0.25, 0.3) is 17.7 Å². The fraction of sp³-hybridized carbons (Fsp3) is 0.200. The molecule has 0 N–H and O–H groups in total. The minimum atomic E-state index is 0.782. The Labute approximate surface area is 137 Å². The standard InChI is InChI=1S/C20H20ClN/c1-22(2)13-5-8-19-18-7-4-3-6-15(18)9-10-16-11-12-17(21)14-20(16)19/h3-4,6-12,14H,5,13H2,1-2H3. The van der Waals surface area contributed by atoms with E-state index in [2.05, 4.69) is 73.6 Å². The summed E-state index contributed by atoms with van der Waals surface area (Å²) >= 11 is 6.25. The van der Waals surface area contributed by atoms with Gasteiger partial charge in [0.2, 0.25) is 0 Å². The summed E-state index contributed by atoms with van der Waals surface area (Å²) in [4.78, 5) is 2.21. The molecule has 2 aromatic carbocycles. The second kappa shape index (κ2) is 6.51. The molecule has 0 saturated carbocycles. The van der Waals surface area contributed by atoms with Crippen molar-refractivity contribution in [1.29, 1.82) is 0 Å². The number of halogens is 1. The second-order valence-corrected chi connectivity index (χ2v) is 6.30. The Morgan fingerprint density at radius 2 is 1.68 bits per heavy atom. The molecule has 0 unspecified atom stereocenters. The maximum absolute atomic E-state index is 6.25. The molecule has 0 radical (unpaired) electrons. The van der Waals surface area contributed by atoms with Crippen LogP contribution in [0.5, 0.6) is 0 Å². The third-order valence-electron chi connectivity index (χ3n) is 3.92. The highest BCUT2D eigenvalue weighted by molar-refractivity contribution is 6.30. The largest absolute Gasteiger partial charge is 0.309 e. The molecule has 1 aliphatic rings. The summed E-state index contributed by atoms with van der Waals surface area (Å²) in [6, 6.07) is 14.7.